The molecule has 1 aromatic carbocycles. The van der Waals surface area contributed by atoms with Crippen LogP contribution in [0.2, 0.25) is 0 Å². The zero-order valence-corrected chi connectivity index (χ0v) is 16.4. The topological polar surface area (TPSA) is 106 Å². The summed E-state index contributed by atoms with van der Waals surface area (Å²) in [5.41, 5.74) is 1.66. The first-order valence-corrected chi connectivity index (χ1v) is 9.70. The van der Waals surface area contributed by atoms with E-state index in [1.54, 1.807) is 28.9 Å². The number of carbonyl (C=O) groups excluding carboxylic acids is 1. The molecule has 152 valence electrons. The number of ether oxygens (including phenoxy) is 1. The average Bonchev–Trinajstić information content (AvgIpc) is 2.67. The van der Waals surface area contributed by atoms with Crippen LogP contribution in [0.1, 0.15) is 44.0 Å². The molecule has 3 rings (SSSR count). The van der Waals surface area contributed by atoms with Gasteiger partial charge >= 0.3 is 5.97 Å². The summed E-state index contributed by atoms with van der Waals surface area (Å²) in [7, 11) is 0. The van der Waals surface area contributed by atoms with Crippen LogP contribution in [-0.2, 0) is 4.74 Å². The van der Waals surface area contributed by atoms with Gasteiger partial charge in [0.25, 0.3) is 0 Å². The number of rotatable bonds is 6. The van der Waals surface area contributed by atoms with Gasteiger partial charge in [0.15, 0.2) is 12.5 Å². The summed E-state index contributed by atoms with van der Waals surface area (Å²) in [6.45, 7) is 6.87. The van der Waals surface area contributed by atoms with Crippen LogP contribution < -0.4 is 15.4 Å². The minimum Gasteiger partial charge on any atom is -0.462 e. The Labute approximate surface area is 163 Å². The van der Waals surface area contributed by atoms with Crippen molar-refractivity contribution in [2.75, 3.05) is 29.5 Å². The van der Waals surface area contributed by atoms with Crippen LogP contribution in [0.3, 0.4) is 0 Å². The number of benzene rings is 1. The Hall–Kier alpha value is -2.58. The Kier molecular flexibility index (Phi) is 5.90. The third-order valence-electron chi connectivity index (χ3n) is 5.05. The van der Waals surface area contributed by atoms with E-state index in [1.165, 1.54) is 6.07 Å². The van der Waals surface area contributed by atoms with Gasteiger partial charge < -0.3 is 29.7 Å². The second kappa shape index (κ2) is 8.20. The molecule has 8 heteroatoms. The summed E-state index contributed by atoms with van der Waals surface area (Å²) in [5.74, 6) is -0.569. The fraction of sp³-hybridized carbons (Fsp3) is 0.500. The Morgan fingerprint density at radius 2 is 1.79 bits per heavy atom. The molecule has 0 saturated heterocycles. The number of anilines is 2. The molecule has 2 heterocycles. The summed E-state index contributed by atoms with van der Waals surface area (Å²) in [6, 6.07) is 4.75. The summed E-state index contributed by atoms with van der Waals surface area (Å²) in [6.07, 6.45) is -0.409. The van der Waals surface area contributed by atoms with E-state index < -0.39 is 24.0 Å². The van der Waals surface area contributed by atoms with Gasteiger partial charge in [-0.3, -0.25) is 4.79 Å². The highest BCUT2D eigenvalue weighted by Crippen LogP contribution is 2.40. The molecule has 8 nitrogen and oxygen atoms in total. The van der Waals surface area contributed by atoms with E-state index in [2.05, 4.69) is 11.9 Å². The van der Waals surface area contributed by atoms with E-state index in [0.717, 1.165) is 12.8 Å². The number of aliphatic hydroxyl groups is 2. The van der Waals surface area contributed by atoms with Crippen molar-refractivity contribution in [1.29, 1.82) is 0 Å². The molecule has 0 aliphatic carbocycles. The molecule has 0 amide bonds. The number of aromatic amines is 1. The predicted octanol–water partition coefficient (Wildman–Crippen LogP) is 1.79. The zero-order chi connectivity index (χ0) is 20.4. The Morgan fingerprint density at radius 3 is 2.43 bits per heavy atom. The highest BCUT2D eigenvalue weighted by atomic mass is 16.5. The number of aromatic nitrogens is 1. The maximum absolute atomic E-state index is 12.4. The maximum atomic E-state index is 12.4. The molecule has 0 saturated carbocycles. The molecule has 1 aliphatic rings. The summed E-state index contributed by atoms with van der Waals surface area (Å²) < 4.78 is 5.10. The normalized spacial score (nSPS) is 19.0. The number of likely N-dealkylation sites (N-methyl/N-ethyl adjacent to an activating group) is 1. The van der Waals surface area contributed by atoms with Crippen LogP contribution in [0.4, 0.5) is 11.4 Å². The van der Waals surface area contributed by atoms with Crippen LogP contribution in [-0.4, -0.2) is 53.3 Å². The van der Waals surface area contributed by atoms with E-state index in [9.17, 15) is 19.8 Å². The van der Waals surface area contributed by atoms with Gasteiger partial charge in [-0.15, -0.1) is 0 Å². The van der Waals surface area contributed by atoms with Crippen LogP contribution in [0.15, 0.2) is 23.0 Å². The fourth-order valence-corrected chi connectivity index (χ4v) is 3.66. The van der Waals surface area contributed by atoms with Crippen molar-refractivity contribution in [2.24, 2.45) is 0 Å². The van der Waals surface area contributed by atoms with Crippen molar-refractivity contribution in [3.05, 3.63) is 34.1 Å². The lowest BCUT2D eigenvalue weighted by Gasteiger charge is -2.45. The van der Waals surface area contributed by atoms with Crippen molar-refractivity contribution in [3.8, 4) is 0 Å². The molecule has 2 atom stereocenters. The standard InChI is InChI=1S/C20H27N3O5/c1-4-7-8-23-16-11-14-12(9-15(16)22(5-2)18(25)19(23)26)13(10-17(24)21-14)20(27)28-6-3/h9-11,18-19,25-26H,4-8H2,1-3H3,(H,21,24). The van der Waals surface area contributed by atoms with Gasteiger partial charge in [0.2, 0.25) is 5.56 Å². The van der Waals surface area contributed by atoms with Crippen LogP contribution in [0.5, 0.6) is 0 Å². The predicted molar refractivity (Wildman–Crippen MR) is 108 cm³/mol. The van der Waals surface area contributed by atoms with Gasteiger partial charge in [0.1, 0.15) is 0 Å². The Balaban J connectivity index is 2.25. The first-order chi connectivity index (χ1) is 13.4. The highest BCUT2D eigenvalue weighted by Gasteiger charge is 2.36. The molecule has 3 N–H and O–H groups in total. The van der Waals surface area contributed by atoms with E-state index in [0.29, 0.717) is 35.4 Å². The molecular formula is C20H27N3O5. The number of carbonyl (C=O) groups is 1. The number of nitrogens with zero attached hydrogens (tertiary/aromatic N) is 2. The van der Waals surface area contributed by atoms with Gasteiger partial charge in [0, 0.05) is 24.5 Å². The second-order valence-electron chi connectivity index (χ2n) is 6.81. The maximum Gasteiger partial charge on any atom is 0.339 e. The van der Waals surface area contributed by atoms with Crippen LogP contribution in [0, 0.1) is 0 Å². The van der Waals surface area contributed by atoms with Gasteiger partial charge in [-0.2, -0.15) is 0 Å². The smallest absolute Gasteiger partial charge is 0.339 e. The first kappa shape index (κ1) is 20.2. The summed E-state index contributed by atoms with van der Waals surface area (Å²) in [4.78, 5) is 30.6. The average molecular weight is 389 g/mol. The number of nitrogens with one attached hydrogen (secondary N) is 1. The van der Waals surface area contributed by atoms with Gasteiger partial charge in [-0.05, 0) is 32.4 Å². The van der Waals surface area contributed by atoms with Gasteiger partial charge in [-0.25, -0.2) is 4.79 Å². The molecule has 0 radical (unpaired) electrons. The molecule has 1 aliphatic heterocycles. The molecule has 2 aromatic rings. The lowest BCUT2D eigenvalue weighted by atomic mass is 10.0. The molecule has 1 aromatic heterocycles. The molecule has 28 heavy (non-hydrogen) atoms. The lowest BCUT2D eigenvalue weighted by Crippen LogP contribution is -2.56. The van der Waals surface area contributed by atoms with Gasteiger partial charge in [-0.1, -0.05) is 13.3 Å². The number of esters is 1. The number of fused-ring (bicyclic) bond motifs is 2. The number of hydrogen-bond acceptors (Lipinski definition) is 7. The Bertz CT molecular complexity index is 926. The quantitative estimate of drug-likeness (QED) is 0.647. The van der Waals surface area contributed by atoms with Crippen molar-refractivity contribution < 1.29 is 19.7 Å². The number of H-pyrrole nitrogens is 1. The highest BCUT2D eigenvalue weighted by molar-refractivity contribution is 6.06. The molecule has 0 bridgehead atoms. The zero-order valence-electron chi connectivity index (χ0n) is 16.4. The lowest BCUT2D eigenvalue weighted by molar-refractivity contribution is 0.0117. The first-order valence-electron chi connectivity index (χ1n) is 9.70. The fourth-order valence-electron chi connectivity index (χ4n) is 3.66. The minimum atomic E-state index is -1.10. The number of unbranched alkanes of at least 4 members (excludes halogenated alkanes) is 1. The molecule has 2 unspecified atom stereocenters. The van der Waals surface area contributed by atoms with Crippen molar-refractivity contribution in [1.82, 2.24) is 4.98 Å². The summed E-state index contributed by atoms with van der Waals surface area (Å²) in [5, 5.41) is 21.8. The second-order valence-corrected chi connectivity index (χ2v) is 6.81. The molecule has 0 spiro atoms. The minimum absolute atomic E-state index is 0.181. The third kappa shape index (κ3) is 3.45. The Morgan fingerprint density at radius 1 is 1.11 bits per heavy atom. The van der Waals surface area contributed by atoms with Crippen molar-refractivity contribution in [2.45, 2.75) is 46.1 Å². The van der Waals surface area contributed by atoms with E-state index >= 15 is 0 Å². The van der Waals surface area contributed by atoms with Crippen LogP contribution >= 0.6 is 0 Å². The van der Waals surface area contributed by atoms with Crippen LogP contribution in [0.25, 0.3) is 10.9 Å². The monoisotopic (exact) mass is 389 g/mol. The van der Waals surface area contributed by atoms with E-state index in [-0.39, 0.29) is 12.2 Å². The number of aliphatic hydroxyl groups excluding tert-OH is 2. The summed E-state index contributed by atoms with van der Waals surface area (Å²) >= 11 is 0. The van der Waals surface area contributed by atoms with E-state index in [4.69, 9.17) is 4.74 Å². The van der Waals surface area contributed by atoms with Gasteiger partial charge in [0.05, 0.1) is 29.1 Å². The largest absolute Gasteiger partial charge is 0.462 e. The SMILES string of the molecule is CCCCN1c2cc3[nH]c(=O)cc(C(=O)OCC)c3cc2N(CC)C(O)C1O. The van der Waals surface area contributed by atoms with Crippen molar-refractivity contribution in [3.63, 3.8) is 0 Å². The molecular weight excluding hydrogens is 362 g/mol. The number of pyridine rings is 1. The van der Waals surface area contributed by atoms with Crippen molar-refractivity contribution >= 4 is 28.2 Å². The third-order valence-corrected chi connectivity index (χ3v) is 5.05. The van der Waals surface area contributed by atoms with E-state index in [1.807, 2.05) is 6.92 Å². The number of hydrogen-bond donors (Lipinski definition) is 3. The molecule has 0 fully saturated rings.